The van der Waals surface area contributed by atoms with Crippen molar-refractivity contribution in [1.29, 1.82) is 0 Å². The van der Waals surface area contributed by atoms with Crippen molar-refractivity contribution in [2.45, 2.75) is 0 Å². The zero-order valence-electron chi connectivity index (χ0n) is 12.9. The van der Waals surface area contributed by atoms with E-state index < -0.39 is 0 Å². The van der Waals surface area contributed by atoms with Gasteiger partial charge in [-0.2, -0.15) is 0 Å². The van der Waals surface area contributed by atoms with Crippen LogP contribution in [-0.2, 0) is 0 Å². The fourth-order valence-electron chi connectivity index (χ4n) is 3.40. The zero-order chi connectivity index (χ0) is 16.0. The molecule has 1 N–H and O–H groups in total. The molecule has 0 aliphatic rings. The van der Waals surface area contributed by atoms with Crippen LogP contribution in [0.4, 0.5) is 11.4 Å². The minimum atomic E-state index is 1.18. The largest absolute Gasteiger partial charge is 0.586 e. The molecule has 0 saturated carbocycles. The van der Waals surface area contributed by atoms with E-state index in [-0.39, 0.29) is 0 Å². The average molecular weight is 324 g/mol. The Balaban J connectivity index is 2.31. The molecule has 0 aromatic heterocycles. The van der Waals surface area contributed by atoms with E-state index in [1.165, 1.54) is 43.7 Å². The van der Waals surface area contributed by atoms with E-state index in [0.717, 1.165) is 0 Å². The molecule has 4 heteroatoms. The highest BCUT2D eigenvalue weighted by molar-refractivity contribution is 6.45. The second-order valence-electron chi connectivity index (χ2n) is 5.67. The van der Waals surface area contributed by atoms with E-state index in [4.69, 9.17) is 0 Å². The SMILES string of the molecule is CNc1c2ccccc2cc2c([N]([Al])[Al])c3ccccc3cc12. The molecule has 0 fully saturated rings. The molecule has 0 atom stereocenters. The predicted octanol–water partition coefficient (Wildman–Crippen LogP) is 4.16. The van der Waals surface area contributed by atoms with Crippen LogP contribution in [0.1, 0.15) is 0 Å². The van der Waals surface area contributed by atoms with E-state index >= 15 is 0 Å². The van der Waals surface area contributed by atoms with Crippen LogP contribution in [0.25, 0.3) is 32.3 Å². The van der Waals surface area contributed by atoms with Crippen LogP contribution in [0.3, 0.4) is 0 Å². The Kier molecular flexibility index (Phi) is 3.72. The fraction of sp³-hybridized carbons (Fsp3) is 0.0526. The van der Waals surface area contributed by atoms with E-state index in [1.807, 2.05) is 7.05 Å². The van der Waals surface area contributed by atoms with Gasteiger partial charge in [0.15, 0.2) is 0 Å². The smallest absolute Gasteiger partial charge is 0.277 e. The van der Waals surface area contributed by atoms with Gasteiger partial charge in [0.25, 0.3) is 33.0 Å². The van der Waals surface area contributed by atoms with Crippen molar-refractivity contribution in [1.82, 2.24) is 0 Å². The maximum Gasteiger partial charge on any atom is 0.277 e. The molecule has 4 aromatic carbocycles. The van der Waals surface area contributed by atoms with Crippen molar-refractivity contribution in [2.75, 3.05) is 15.2 Å². The first-order valence-corrected chi connectivity index (χ1v) is 8.58. The minimum Gasteiger partial charge on any atom is -0.586 e. The third kappa shape index (κ3) is 2.31. The number of fused-ring (bicyclic) bond motifs is 3. The third-order valence-electron chi connectivity index (χ3n) is 4.37. The van der Waals surface area contributed by atoms with Crippen LogP contribution in [0, 0.1) is 0 Å². The highest BCUT2D eigenvalue weighted by Crippen LogP contribution is 2.41. The van der Waals surface area contributed by atoms with E-state index in [2.05, 4.69) is 102 Å². The van der Waals surface area contributed by atoms with Crippen molar-refractivity contribution in [3.63, 3.8) is 0 Å². The van der Waals surface area contributed by atoms with Gasteiger partial charge in [-0.25, -0.2) is 0 Å². The standard InChI is InChI=1S/C19H14N2.2Al/c1-21-19-15-9-5-3-7-13(15)10-16-17(19)11-12-6-2-4-8-14(12)18(16)20;;/h2-11,21H,1H3;;. The van der Waals surface area contributed by atoms with E-state index in [0.29, 0.717) is 0 Å². The zero-order valence-corrected chi connectivity index (χ0v) is 15.2. The summed E-state index contributed by atoms with van der Waals surface area (Å²) in [6.45, 7) is 0. The molecule has 0 spiro atoms. The lowest BCUT2D eigenvalue weighted by Gasteiger charge is -2.24. The van der Waals surface area contributed by atoms with Crippen LogP contribution in [0.15, 0.2) is 60.7 Å². The van der Waals surface area contributed by atoms with E-state index in [1.54, 1.807) is 0 Å². The number of rotatable bonds is 2. The number of nitrogens with one attached hydrogen (secondary N) is 1. The van der Waals surface area contributed by atoms with Crippen molar-refractivity contribution < 1.29 is 0 Å². The summed E-state index contributed by atoms with van der Waals surface area (Å²) in [6.07, 6.45) is 0. The van der Waals surface area contributed by atoms with Crippen LogP contribution in [0.5, 0.6) is 0 Å². The first-order chi connectivity index (χ1) is 11.2. The summed E-state index contributed by atoms with van der Waals surface area (Å²) in [6, 6.07) is 21.6. The average Bonchev–Trinajstić information content (AvgIpc) is 2.57. The van der Waals surface area contributed by atoms with Crippen LogP contribution in [-0.4, -0.2) is 40.1 Å². The molecule has 0 unspecified atom stereocenters. The summed E-state index contributed by atoms with van der Waals surface area (Å²) in [4.78, 5) is 0. The highest BCUT2D eigenvalue weighted by atomic mass is 27.1. The Hall–Kier alpha value is -1.68. The van der Waals surface area contributed by atoms with Crippen LogP contribution in [0.2, 0.25) is 0 Å². The van der Waals surface area contributed by atoms with Gasteiger partial charge in [-0.1, -0.05) is 48.5 Å². The number of hydrogen-bond donors (Lipinski definition) is 1. The Bertz CT molecular complexity index is 1040. The molecular formula is C19H14Al2N2. The van der Waals surface area contributed by atoms with Gasteiger partial charge in [0.2, 0.25) is 0 Å². The lowest BCUT2D eigenvalue weighted by molar-refractivity contribution is 1.57. The summed E-state index contributed by atoms with van der Waals surface area (Å²) in [5.74, 6) is 0. The highest BCUT2D eigenvalue weighted by Gasteiger charge is 2.13. The molecule has 2 nitrogen and oxygen atoms in total. The molecule has 0 aliphatic heterocycles. The lowest BCUT2D eigenvalue weighted by Crippen LogP contribution is -2.14. The molecule has 0 heterocycles. The second kappa shape index (κ2) is 5.75. The summed E-state index contributed by atoms with van der Waals surface area (Å²) >= 11 is 5.52. The van der Waals surface area contributed by atoms with Gasteiger partial charge in [-0.05, 0) is 22.9 Å². The molecule has 4 rings (SSSR count). The van der Waals surface area contributed by atoms with Crippen LogP contribution < -0.4 is 8.18 Å². The van der Waals surface area contributed by atoms with Crippen LogP contribution >= 0.6 is 0 Å². The molecule has 0 bridgehead atoms. The van der Waals surface area contributed by atoms with Gasteiger partial charge in [0.1, 0.15) is 0 Å². The van der Waals surface area contributed by atoms with Gasteiger partial charge in [-0.15, -0.1) is 0 Å². The van der Waals surface area contributed by atoms with Gasteiger partial charge in [-0.3, -0.25) is 0 Å². The summed E-state index contributed by atoms with van der Waals surface area (Å²) in [7, 11) is 2.00. The first kappa shape index (κ1) is 14.9. The van der Waals surface area contributed by atoms with Gasteiger partial charge < -0.3 is 8.18 Å². The topological polar surface area (TPSA) is 15.3 Å². The Morgan fingerprint density at radius 1 is 0.739 bits per heavy atom. The minimum absolute atomic E-state index is 1.18. The summed E-state index contributed by atoms with van der Waals surface area (Å²) in [5.41, 5.74) is 2.39. The number of nitrogens with zero attached hydrogens (tertiary/aromatic N) is 1. The molecule has 4 radical (unpaired) electrons. The molecule has 0 aliphatic carbocycles. The predicted molar refractivity (Wildman–Crippen MR) is 102 cm³/mol. The molecule has 106 valence electrons. The van der Waals surface area contributed by atoms with Gasteiger partial charge in [0, 0.05) is 40.0 Å². The third-order valence-corrected chi connectivity index (χ3v) is 4.88. The Morgan fingerprint density at radius 2 is 1.30 bits per heavy atom. The lowest BCUT2D eigenvalue weighted by atomic mass is 9.96. The van der Waals surface area contributed by atoms with Gasteiger partial charge in [0.05, 0.1) is 0 Å². The fourth-order valence-corrected chi connectivity index (χ4v) is 3.95. The summed E-state index contributed by atoms with van der Waals surface area (Å²) in [5, 5.41) is 10.9. The van der Waals surface area contributed by atoms with Crippen molar-refractivity contribution in [3.8, 4) is 0 Å². The monoisotopic (exact) mass is 324 g/mol. The number of anilines is 2. The molecular weight excluding hydrogens is 310 g/mol. The summed E-state index contributed by atoms with van der Waals surface area (Å²) < 4.78 is 2.05. The maximum atomic E-state index is 3.41. The van der Waals surface area contributed by atoms with E-state index in [9.17, 15) is 0 Å². The number of hydrogen-bond acceptors (Lipinski definition) is 2. The van der Waals surface area contributed by atoms with Crippen molar-refractivity contribution in [2.24, 2.45) is 0 Å². The Morgan fingerprint density at radius 3 is 1.96 bits per heavy atom. The Labute approximate surface area is 152 Å². The van der Waals surface area contributed by atoms with Crippen molar-refractivity contribution >= 4 is 76.7 Å². The second-order valence-corrected chi connectivity index (χ2v) is 7.38. The first-order valence-electron chi connectivity index (χ1n) is 7.55. The van der Waals surface area contributed by atoms with Crippen molar-refractivity contribution in [3.05, 3.63) is 60.7 Å². The van der Waals surface area contributed by atoms with Gasteiger partial charge >= 0.3 is 0 Å². The normalized spacial score (nSPS) is 11.2. The molecule has 0 amide bonds. The molecule has 4 aromatic rings. The number of benzene rings is 4. The molecule has 0 saturated heterocycles. The molecule has 23 heavy (non-hydrogen) atoms. The maximum absolute atomic E-state index is 3.41. The quantitative estimate of drug-likeness (QED) is 0.440.